The van der Waals surface area contributed by atoms with Crippen LogP contribution in [0.15, 0.2) is 0 Å². The maximum Gasteiger partial charge on any atom is 0.326 e. The first kappa shape index (κ1) is 17.1. The number of ether oxygens (including phenoxy) is 1. The second-order valence-electron chi connectivity index (χ2n) is 6.71. The van der Waals surface area contributed by atoms with Crippen LogP contribution in [-0.4, -0.2) is 35.2 Å². The zero-order valence-electron chi connectivity index (χ0n) is 13.7. The summed E-state index contributed by atoms with van der Waals surface area (Å²) in [4.78, 5) is 12.2. The first-order valence-corrected chi connectivity index (χ1v) is 9.75. The maximum atomic E-state index is 12.2. The summed E-state index contributed by atoms with van der Waals surface area (Å²) in [5.41, 5.74) is -0.477. The highest BCUT2D eigenvalue weighted by atomic mass is 32.2. The van der Waals surface area contributed by atoms with Crippen molar-refractivity contribution in [1.29, 1.82) is 0 Å². The van der Waals surface area contributed by atoms with Crippen LogP contribution < -0.4 is 5.32 Å². The van der Waals surface area contributed by atoms with Crippen molar-refractivity contribution in [1.82, 2.24) is 5.32 Å². The van der Waals surface area contributed by atoms with Crippen LogP contribution in [-0.2, 0) is 9.53 Å². The van der Waals surface area contributed by atoms with E-state index in [0.29, 0.717) is 12.6 Å². The van der Waals surface area contributed by atoms with Crippen LogP contribution in [0.5, 0.6) is 0 Å². The van der Waals surface area contributed by atoms with E-state index in [1.807, 2.05) is 13.8 Å². The predicted molar refractivity (Wildman–Crippen MR) is 89.8 cm³/mol. The molecule has 0 bridgehead atoms. The highest BCUT2D eigenvalue weighted by Gasteiger charge is 2.39. The van der Waals surface area contributed by atoms with Gasteiger partial charge in [-0.2, -0.15) is 11.8 Å². The summed E-state index contributed by atoms with van der Waals surface area (Å²) in [7, 11) is 0. The molecule has 3 nitrogen and oxygen atoms in total. The van der Waals surface area contributed by atoms with Crippen LogP contribution in [0.25, 0.3) is 0 Å². The van der Waals surface area contributed by atoms with Crippen molar-refractivity contribution >= 4 is 17.7 Å². The molecule has 0 aromatic rings. The summed E-state index contributed by atoms with van der Waals surface area (Å²) in [6, 6.07) is 0.535. The number of esters is 1. The highest BCUT2D eigenvalue weighted by molar-refractivity contribution is 7.99. The van der Waals surface area contributed by atoms with Gasteiger partial charge in [0.25, 0.3) is 0 Å². The third-order valence-corrected chi connectivity index (χ3v) is 6.02. The molecule has 0 aromatic carbocycles. The topological polar surface area (TPSA) is 38.3 Å². The summed E-state index contributed by atoms with van der Waals surface area (Å²) in [5, 5.41) is 4.41. The average molecular weight is 314 g/mol. The monoisotopic (exact) mass is 313 g/mol. The highest BCUT2D eigenvalue weighted by Crippen LogP contribution is 2.31. The van der Waals surface area contributed by atoms with Gasteiger partial charge in [0.15, 0.2) is 0 Å². The fourth-order valence-electron chi connectivity index (χ4n) is 3.09. The third kappa shape index (κ3) is 5.82. The third-order valence-electron chi connectivity index (χ3n) is 4.55. The Morgan fingerprint density at radius 1 is 1.24 bits per heavy atom. The second-order valence-corrected chi connectivity index (χ2v) is 8.11. The van der Waals surface area contributed by atoms with Gasteiger partial charge in [0.05, 0.1) is 6.61 Å². The Hall–Kier alpha value is -0.220. The summed E-state index contributed by atoms with van der Waals surface area (Å²) >= 11 is 2.14. The second kappa shape index (κ2) is 8.42. The number of unbranched alkanes of at least 4 members (excludes halogenated alkanes) is 1. The standard InChI is InChI=1S/C17H31NO2S/c1-3-20-16(19)17(2,18-14-10-11-14)12-6-7-13-21-15-8-4-5-9-15/h14-15,18H,3-13H2,1-2H3. The van der Waals surface area contributed by atoms with Crippen molar-refractivity contribution in [2.24, 2.45) is 0 Å². The Morgan fingerprint density at radius 2 is 1.95 bits per heavy atom. The molecule has 2 aliphatic carbocycles. The van der Waals surface area contributed by atoms with E-state index in [1.54, 1.807) is 0 Å². The van der Waals surface area contributed by atoms with Crippen LogP contribution in [0.3, 0.4) is 0 Å². The summed E-state index contributed by atoms with van der Waals surface area (Å²) in [5.74, 6) is 1.17. The molecular weight excluding hydrogens is 282 g/mol. The van der Waals surface area contributed by atoms with E-state index in [9.17, 15) is 4.79 Å². The molecule has 2 fully saturated rings. The van der Waals surface area contributed by atoms with Crippen LogP contribution in [0, 0.1) is 0 Å². The van der Waals surface area contributed by atoms with Crippen molar-refractivity contribution in [3.8, 4) is 0 Å². The molecule has 2 rings (SSSR count). The van der Waals surface area contributed by atoms with Gasteiger partial charge in [-0.05, 0) is 58.1 Å². The van der Waals surface area contributed by atoms with E-state index in [1.165, 1.54) is 50.7 Å². The Labute approximate surface area is 134 Å². The van der Waals surface area contributed by atoms with Gasteiger partial charge >= 0.3 is 5.97 Å². The van der Waals surface area contributed by atoms with Crippen LogP contribution in [0.1, 0.15) is 71.6 Å². The van der Waals surface area contributed by atoms with Gasteiger partial charge in [0, 0.05) is 11.3 Å². The fraction of sp³-hybridized carbons (Fsp3) is 0.941. The smallest absolute Gasteiger partial charge is 0.326 e. The number of rotatable bonds is 10. The van der Waals surface area contributed by atoms with E-state index < -0.39 is 5.54 Å². The zero-order valence-corrected chi connectivity index (χ0v) is 14.5. The Kier molecular flexibility index (Phi) is 6.87. The van der Waals surface area contributed by atoms with Crippen molar-refractivity contribution in [2.75, 3.05) is 12.4 Å². The number of nitrogens with one attached hydrogen (secondary N) is 1. The fourth-order valence-corrected chi connectivity index (χ4v) is 4.46. The molecule has 2 aliphatic rings. The van der Waals surface area contributed by atoms with E-state index in [0.717, 1.165) is 18.1 Å². The summed E-state index contributed by atoms with van der Waals surface area (Å²) < 4.78 is 5.27. The molecule has 21 heavy (non-hydrogen) atoms. The lowest BCUT2D eigenvalue weighted by atomic mass is 9.94. The van der Waals surface area contributed by atoms with Crippen molar-refractivity contribution in [3.63, 3.8) is 0 Å². The molecule has 0 amide bonds. The number of carbonyl (C=O) groups is 1. The van der Waals surface area contributed by atoms with Gasteiger partial charge in [0.1, 0.15) is 5.54 Å². The van der Waals surface area contributed by atoms with Crippen LogP contribution in [0.2, 0.25) is 0 Å². The maximum absolute atomic E-state index is 12.2. The Bertz CT molecular complexity index is 327. The van der Waals surface area contributed by atoms with E-state index in [2.05, 4.69) is 17.1 Å². The first-order chi connectivity index (χ1) is 10.1. The first-order valence-electron chi connectivity index (χ1n) is 8.70. The van der Waals surface area contributed by atoms with Crippen molar-refractivity contribution in [3.05, 3.63) is 0 Å². The van der Waals surface area contributed by atoms with Gasteiger partial charge in [-0.3, -0.25) is 10.1 Å². The lowest BCUT2D eigenvalue weighted by Gasteiger charge is -2.28. The summed E-state index contributed by atoms with van der Waals surface area (Å²) in [6.07, 6.45) is 11.3. The number of carbonyl (C=O) groups excluding carboxylic acids is 1. The Morgan fingerprint density at radius 3 is 2.57 bits per heavy atom. The molecule has 4 heteroatoms. The van der Waals surface area contributed by atoms with Crippen molar-refractivity contribution < 1.29 is 9.53 Å². The molecule has 0 aromatic heterocycles. The molecule has 0 aliphatic heterocycles. The minimum atomic E-state index is -0.477. The quantitative estimate of drug-likeness (QED) is 0.490. The number of hydrogen-bond donors (Lipinski definition) is 1. The molecule has 0 spiro atoms. The van der Waals surface area contributed by atoms with Gasteiger partial charge in [-0.1, -0.05) is 19.3 Å². The van der Waals surface area contributed by atoms with E-state index >= 15 is 0 Å². The molecule has 1 atom stereocenters. The van der Waals surface area contributed by atoms with E-state index in [-0.39, 0.29) is 5.97 Å². The molecule has 2 saturated carbocycles. The van der Waals surface area contributed by atoms with E-state index in [4.69, 9.17) is 4.74 Å². The zero-order chi connectivity index (χ0) is 15.1. The Balaban J connectivity index is 1.66. The average Bonchev–Trinajstić information content (AvgIpc) is 3.11. The lowest BCUT2D eigenvalue weighted by molar-refractivity contribution is -0.151. The predicted octanol–water partition coefficient (Wildman–Crippen LogP) is 3.91. The summed E-state index contributed by atoms with van der Waals surface area (Å²) in [6.45, 7) is 4.37. The van der Waals surface area contributed by atoms with Crippen molar-refractivity contribution in [2.45, 2.75) is 88.5 Å². The molecule has 0 heterocycles. The SMILES string of the molecule is CCOC(=O)C(C)(CCCCSC1CCCC1)NC1CC1. The largest absolute Gasteiger partial charge is 0.465 e. The molecular formula is C17H31NO2S. The molecule has 1 unspecified atom stereocenters. The molecule has 1 N–H and O–H groups in total. The number of thioether (sulfide) groups is 1. The van der Waals surface area contributed by atoms with Gasteiger partial charge in [0.2, 0.25) is 0 Å². The van der Waals surface area contributed by atoms with Gasteiger partial charge in [-0.25, -0.2) is 0 Å². The minimum absolute atomic E-state index is 0.0691. The lowest BCUT2D eigenvalue weighted by Crippen LogP contribution is -2.51. The van der Waals surface area contributed by atoms with Gasteiger partial charge in [-0.15, -0.1) is 0 Å². The minimum Gasteiger partial charge on any atom is -0.465 e. The molecule has 0 saturated heterocycles. The normalized spacial score (nSPS) is 22.2. The van der Waals surface area contributed by atoms with Gasteiger partial charge < -0.3 is 4.74 Å². The molecule has 122 valence electrons. The van der Waals surface area contributed by atoms with Crippen LogP contribution >= 0.6 is 11.8 Å². The van der Waals surface area contributed by atoms with Crippen LogP contribution in [0.4, 0.5) is 0 Å². The molecule has 0 radical (unpaired) electrons. The number of hydrogen-bond acceptors (Lipinski definition) is 4.